The molecule has 5 heteroatoms. The Morgan fingerprint density at radius 2 is 1.75 bits per heavy atom. The van der Waals surface area contributed by atoms with Crippen LogP contribution in [0.3, 0.4) is 0 Å². The first-order valence-corrected chi connectivity index (χ1v) is 10.1. The predicted molar refractivity (Wildman–Crippen MR) is 107 cm³/mol. The number of rotatable bonds is 5. The van der Waals surface area contributed by atoms with E-state index in [2.05, 4.69) is 76.2 Å². The van der Waals surface area contributed by atoms with Gasteiger partial charge in [-0.15, -0.1) is 24.8 Å². The molecule has 0 bridgehead atoms. The van der Waals surface area contributed by atoms with Crippen molar-refractivity contribution in [2.75, 3.05) is 27.7 Å². The van der Waals surface area contributed by atoms with Gasteiger partial charge in [-0.2, -0.15) is 0 Å². The Balaban J connectivity index is 0.00000264. The van der Waals surface area contributed by atoms with E-state index < -0.39 is 18.3 Å². The van der Waals surface area contributed by atoms with E-state index in [4.69, 9.17) is 3.32 Å². The average molecular weight is 407 g/mol. The SMILES string of the molecule is C[O][Ti]([c]1ccccc1C1=CC(CN(C)C)=CC1)[C](C)(C)C.Cl.Cl. The van der Waals surface area contributed by atoms with Crippen molar-refractivity contribution < 1.29 is 21.6 Å². The Morgan fingerprint density at radius 3 is 2.29 bits per heavy atom. The molecule has 0 amide bonds. The molecule has 0 atom stereocenters. The third kappa shape index (κ3) is 6.02. The van der Waals surface area contributed by atoms with Crippen LogP contribution in [0.1, 0.15) is 32.8 Å². The first kappa shape index (κ1) is 23.9. The van der Waals surface area contributed by atoms with E-state index in [1.165, 1.54) is 20.6 Å². The van der Waals surface area contributed by atoms with E-state index in [1.807, 2.05) is 7.11 Å². The molecule has 0 aromatic heterocycles. The molecule has 135 valence electrons. The first-order valence-electron chi connectivity index (χ1n) is 7.88. The predicted octanol–water partition coefficient (Wildman–Crippen LogP) is 4.83. The smallest absolute Gasteiger partial charge is 0.147 e. The van der Waals surface area contributed by atoms with Crippen LogP contribution in [0.25, 0.3) is 5.57 Å². The van der Waals surface area contributed by atoms with Gasteiger partial charge in [0.1, 0.15) is 0 Å². The van der Waals surface area contributed by atoms with Gasteiger partial charge in [-0.25, -0.2) is 0 Å². The number of hydrogen-bond acceptors (Lipinski definition) is 2. The zero-order valence-corrected chi connectivity index (χ0v) is 18.7. The summed E-state index contributed by atoms with van der Waals surface area (Å²) in [6.45, 7) is 7.93. The summed E-state index contributed by atoms with van der Waals surface area (Å²) in [5, 5.41) is 0. The van der Waals surface area contributed by atoms with E-state index in [1.54, 1.807) is 0 Å². The topological polar surface area (TPSA) is 12.5 Å². The Bertz CT molecular complexity index is 591. The van der Waals surface area contributed by atoms with Gasteiger partial charge in [0, 0.05) is 0 Å². The number of nitrogens with zero attached hydrogens (tertiary/aromatic N) is 1. The molecule has 1 aliphatic rings. The quantitative estimate of drug-likeness (QED) is 0.649. The molecule has 2 nitrogen and oxygen atoms in total. The van der Waals surface area contributed by atoms with Crippen LogP contribution in [0.4, 0.5) is 0 Å². The molecule has 0 radical (unpaired) electrons. The van der Waals surface area contributed by atoms with E-state index in [0.717, 1.165) is 13.0 Å². The van der Waals surface area contributed by atoms with Crippen molar-refractivity contribution >= 4 is 34.3 Å². The summed E-state index contributed by atoms with van der Waals surface area (Å²) in [5.74, 6) is 0. The molecule has 0 saturated carbocycles. The van der Waals surface area contributed by atoms with Crippen LogP contribution >= 0.6 is 24.8 Å². The van der Waals surface area contributed by atoms with E-state index in [0.29, 0.717) is 0 Å². The summed E-state index contributed by atoms with van der Waals surface area (Å²) in [7, 11) is 6.13. The van der Waals surface area contributed by atoms with Crippen LogP contribution in [0, 0.1) is 0 Å². The minimum absolute atomic E-state index is 0. The molecule has 1 aromatic carbocycles. The van der Waals surface area contributed by atoms with E-state index in [9.17, 15) is 0 Å². The molecule has 1 aromatic rings. The maximum Gasteiger partial charge on any atom is -0.147 e. The van der Waals surface area contributed by atoms with Gasteiger partial charge in [-0.3, -0.25) is 0 Å². The molecular weight excluding hydrogens is 377 g/mol. The molecule has 0 spiro atoms. The van der Waals surface area contributed by atoms with Crippen molar-refractivity contribution in [3.8, 4) is 0 Å². The summed E-state index contributed by atoms with van der Waals surface area (Å²) >= 11 is -1.79. The van der Waals surface area contributed by atoms with Crippen molar-refractivity contribution in [2.45, 2.75) is 30.9 Å². The molecule has 0 saturated heterocycles. The molecule has 0 heterocycles. The van der Waals surface area contributed by atoms with Gasteiger partial charge in [0.05, 0.1) is 0 Å². The van der Waals surface area contributed by atoms with Crippen molar-refractivity contribution in [1.82, 2.24) is 4.90 Å². The normalized spacial score (nSPS) is 13.8. The number of likely N-dealkylation sites (N-methyl/N-ethyl adjacent to an activating group) is 1. The van der Waals surface area contributed by atoms with Crippen molar-refractivity contribution in [3.05, 3.63) is 47.6 Å². The number of halogens is 2. The number of benzene rings is 1. The van der Waals surface area contributed by atoms with Gasteiger partial charge in [0.25, 0.3) is 0 Å². The second kappa shape index (κ2) is 10.2. The summed E-state index contributed by atoms with van der Waals surface area (Å²) in [6.07, 6.45) is 5.77. The van der Waals surface area contributed by atoms with Crippen molar-refractivity contribution in [2.24, 2.45) is 0 Å². The molecule has 0 N–H and O–H groups in total. The Morgan fingerprint density at radius 1 is 1.12 bits per heavy atom. The summed E-state index contributed by atoms with van der Waals surface area (Å²) in [5.41, 5.74) is 4.27. The first-order chi connectivity index (χ1) is 10.3. The maximum absolute atomic E-state index is 6.01. The third-order valence-corrected chi connectivity index (χ3v) is 8.06. The standard InChI is InChI=1S/C14H16N.C4H9.CH3O.2ClH.Ti/c1-15(2)11-12-8-9-14(10-12)13-6-4-3-5-7-13;1-4(2)3;1-2;;;/h3-6,8,10H,9,11H2,1-2H3;1-3H3;1H3;2*1H;/q;;-1;;;+1. The van der Waals surface area contributed by atoms with Crippen LogP contribution in [-0.4, -0.2) is 32.6 Å². The van der Waals surface area contributed by atoms with Crippen LogP contribution < -0.4 is 3.87 Å². The summed E-state index contributed by atoms with van der Waals surface area (Å²) in [4.78, 5) is 2.22. The van der Waals surface area contributed by atoms with Crippen molar-refractivity contribution in [1.29, 1.82) is 0 Å². The molecule has 24 heavy (non-hydrogen) atoms. The second-order valence-electron chi connectivity index (χ2n) is 7.22. The van der Waals surface area contributed by atoms with Crippen LogP contribution in [0.5, 0.6) is 0 Å². The van der Waals surface area contributed by atoms with Gasteiger partial charge in [-0.05, 0) is 0 Å². The Labute approximate surface area is 166 Å². The summed E-state index contributed by atoms with van der Waals surface area (Å²) < 4.78 is 7.71. The maximum atomic E-state index is 6.01. The van der Waals surface area contributed by atoms with Gasteiger partial charge < -0.3 is 0 Å². The van der Waals surface area contributed by atoms with Crippen molar-refractivity contribution in [3.63, 3.8) is 0 Å². The minimum Gasteiger partial charge on any atom is -0.147 e. The number of hydrogen-bond donors (Lipinski definition) is 0. The van der Waals surface area contributed by atoms with Crippen LogP contribution in [-0.2, 0) is 21.6 Å². The van der Waals surface area contributed by atoms with Gasteiger partial charge >= 0.3 is 142 Å². The molecular formula is C19H30Cl2NOTi. The molecule has 1 aliphatic carbocycles. The second-order valence-corrected chi connectivity index (χ2v) is 12.1. The molecule has 0 aliphatic heterocycles. The van der Waals surface area contributed by atoms with Gasteiger partial charge in [0.2, 0.25) is 0 Å². The minimum atomic E-state index is -1.79. The Kier molecular flexibility index (Phi) is 10.1. The number of allylic oxidation sites excluding steroid dienone is 2. The molecule has 2 rings (SSSR count). The molecule has 0 unspecified atom stereocenters. The zero-order valence-electron chi connectivity index (χ0n) is 15.6. The fraction of sp³-hybridized carbons (Fsp3) is 0.474. The largest absolute Gasteiger partial charge is 0.147 e. The fourth-order valence-electron chi connectivity index (χ4n) is 3.03. The third-order valence-electron chi connectivity index (χ3n) is 3.85. The van der Waals surface area contributed by atoms with E-state index in [-0.39, 0.29) is 28.5 Å². The molecule has 0 fully saturated rings. The summed E-state index contributed by atoms with van der Waals surface area (Å²) in [6, 6.07) is 8.85. The van der Waals surface area contributed by atoms with Crippen LogP contribution in [0.15, 0.2) is 42.0 Å². The van der Waals surface area contributed by atoms with Crippen LogP contribution in [0.2, 0.25) is 3.72 Å². The average Bonchev–Trinajstić information content (AvgIpc) is 2.86. The fourth-order valence-corrected chi connectivity index (χ4v) is 6.74. The van der Waals surface area contributed by atoms with Gasteiger partial charge in [-0.1, -0.05) is 0 Å². The zero-order chi connectivity index (χ0) is 16.3. The van der Waals surface area contributed by atoms with E-state index >= 15 is 0 Å². The van der Waals surface area contributed by atoms with Gasteiger partial charge in [0.15, 0.2) is 0 Å². The Hall–Kier alpha value is -0.0857. The monoisotopic (exact) mass is 406 g/mol.